The van der Waals surface area contributed by atoms with Gasteiger partial charge in [-0.3, -0.25) is 4.79 Å². The van der Waals surface area contributed by atoms with Crippen LogP contribution in [-0.4, -0.2) is 15.6 Å². The van der Waals surface area contributed by atoms with E-state index in [2.05, 4.69) is 4.57 Å². The van der Waals surface area contributed by atoms with Gasteiger partial charge in [-0.1, -0.05) is 41.4 Å². The zero-order valence-electron chi connectivity index (χ0n) is 12.5. The third-order valence-electron chi connectivity index (χ3n) is 3.98. The summed E-state index contributed by atoms with van der Waals surface area (Å²) in [4.78, 5) is 11.2. The number of hydrogen-bond donors (Lipinski definition) is 1. The molecule has 0 bridgehead atoms. The summed E-state index contributed by atoms with van der Waals surface area (Å²) < 4.78 is 2.09. The van der Waals surface area contributed by atoms with Crippen LogP contribution in [0.3, 0.4) is 0 Å². The third-order valence-corrected chi connectivity index (χ3v) is 4.45. The molecule has 3 nitrogen and oxygen atoms in total. The van der Waals surface area contributed by atoms with E-state index < -0.39 is 5.97 Å². The van der Waals surface area contributed by atoms with E-state index in [1.807, 2.05) is 43.3 Å². The summed E-state index contributed by atoms with van der Waals surface area (Å²) in [7, 11) is 0. The second kappa shape index (κ2) is 6.26. The van der Waals surface area contributed by atoms with Crippen molar-refractivity contribution >= 4 is 40.1 Å². The van der Waals surface area contributed by atoms with Gasteiger partial charge in [-0.05, 0) is 42.3 Å². The van der Waals surface area contributed by atoms with Crippen LogP contribution in [0, 0.1) is 6.92 Å². The Balaban J connectivity index is 2.16. The number of benzene rings is 2. The quantitative estimate of drug-likeness (QED) is 0.726. The average molecular weight is 348 g/mol. The monoisotopic (exact) mass is 347 g/mol. The lowest BCUT2D eigenvalue weighted by Crippen LogP contribution is -2.05. The Morgan fingerprint density at radius 1 is 1.13 bits per heavy atom. The molecule has 0 saturated heterocycles. The fourth-order valence-electron chi connectivity index (χ4n) is 2.92. The molecule has 0 fully saturated rings. The topological polar surface area (TPSA) is 42.2 Å². The van der Waals surface area contributed by atoms with Gasteiger partial charge in [0.25, 0.3) is 0 Å². The highest BCUT2D eigenvalue weighted by atomic mass is 35.5. The van der Waals surface area contributed by atoms with E-state index in [9.17, 15) is 9.90 Å². The SMILES string of the molecule is Cc1c(CC(=O)O)c2ccc(Cl)cc2n1Cc1cccc(Cl)c1. The van der Waals surface area contributed by atoms with E-state index in [0.29, 0.717) is 16.6 Å². The molecule has 0 atom stereocenters. The summed E-state index contributed by atoms with van der Waals surface area (Å²) in [5.74, 6) is -0.843. The Labute approximate surface area is 144 Å². The lowest BCUT2D eigenvalue weighted by Gasteiger charge is -2.09. The predicted molar refractivity (Wildman–Crippen MR) is 93.6 cm³/mol. The third kappa shape index (κ3) is 3.21. The van der Waals surface area contributed by atoms with Crippen molar-refractivity contribution in [1.82, 2.24) is 4.57 Å². The Bertz CT molecular complexity index is 899. The molecule has 3 rings (SSSR count). The summed E-state index contributed by atoms with van der Waals surface area (Å²) in [5, 5.41) is 11.4. The van der Waals surface area contributed by atoms with Crippen LogP contribution in [0.25, 0.3) is 10.9 Å². The Morgan fingerprint density at radius 3 is 2.57 bits per heavy atom. The van der Waals surface area contributed by atoms with Gasteiger partial charge in [0.2, 0.25) is 0 Å². The normalized spacial score (nSPS) is 11.1. The molecule has 1 N–H and O–H groups in total. The maximum absolute atomic E-state index is 11.2. The molecule has 0 saturated carbocycles. The molecular formula is C18H15Cl2NO2. The Morgan fingerprint density at radius 2 is 1.87 bits per heavy atom. The number of carboxylic acids is 1. The van der Waals surface area contributed by atoms with Gasteiger partial charge in [-0.2, -0.15) is 0 Å². The molecule has 0 unspecified atom stereocenters. The largest absolute Gasteiger partial charge is 0.481 e. The molecule has 0 spiro atoms. The van der Waals surface area contributed by atoms with Crippen molar-refractivity contribution in [3.8, 4) is 0 Å². The fraction of sp³-hybridized carbons (Fsp3) is 0.167. The molecule has 1 aromatic heterocycles. The van der Waals surface area contributed by atoms with Crippen LogP contribution in [0.2, 0.25) is 10.0 Å². The van der Waals surface area contributed by atoms with E-state index in [-0.39, 0.29) is 6.42 Å². The summed E-state index contributed by atoms with van der Waals surface area (Å²) in [6, 6.07) is 13.2. The second-order valence-electron chi connectivity index (χ2n) is 5.51. The molecule has 118 valence electrons. The van der Waals surface area contributed by atoms with Crippen molar-refractivity contribution in [1.29, 1.82) is 0 Å². The first-order valence-corrected chi connectivity index (χ1v) is 7.95. The summed E-state index contributed by atoms with van der Waals surface area (Å²) >= 11 is 12.2. The van der Waals surface area contributed by atoms with Gasteiger partial charge in [-0.25, -0.2) is 0 Å². The zero-order valence-corrected chi connectivity index (χ0v) is 14.0. The Kier molecular flexibility index (Phi) is 4.33. The van der Waals surface area contributed by atoms with Gasteiger partial charge in [0.05, 0.1) is 11.9 Å². The number of fused-ring (bicyclic) bond motifs is 1. The zero-order chi connectivity index (χ0) is 16.6. The maximum Gasteiger partial charge on any atom is 0.307 e. The van der Waals surface area contributed by atoms with Crippen molar-refractivity contribution < 1.29 is 9.90 Å². The van der Waals surface area contributed by atoms with Gasteiger partial charge in [-0.15, -0.1) is 0 Å². The molecule has 23 heavy (non-hydrogen) atoms. The van der Waals surface area contributed by atoms with Crippen LogP contribution in [0.5, 0.6) is 0 Å². The van der Waals surface area contributed by atoms with Gasteiger partial charge in [0.15, 0.2) is 0 Å². The number of aromatic nitrogens is 1. The molecular weight excluding hydrogens is 333 g/mol. The average Bonchev–Trinajstić information content (AvgIpc) is 2.72. The van der Waals surface area contributed by atoms with Crippen molar-refractivity contribution in [2.45, 2.75) is 19.9 Å². The number of rotatable bonds is 4. The summed E-state index contributed by atoms with van der Waals surface area (Å²) in [6.45, 7) is 2.56. The standard InChI is InChI=1S/C18H15Cl2NO2/c1-11-16(9-18(22)23)15-6-5-14(20)8-17(15)21(11)10-12-3-2-4-13(19)7-12/h2-8H,9-10H2,1H3,(H,22,23). The fourth-order valence-corrected chi connectivity index (χ4v) is 3.30. The minimum absolute atomic E-state index is 0.00743. The number of aliphatic carboxylic acids is 1. The van der Waals surface area contributed by atoms with E-state index in [4.69, 9.17) is 23.2 Å². The smallest absolute Gasteiger partial charge is 0.307 e. The highest BCUT2D eigenvalue weighted by molar-refractivity contribution is 6.31. The summed E-state index contributed by atoms with van der Waals surface area (Å²) in [5.41, 5.74) is 3.75. The van der Waals surface area contributed by atoms with E-state index >= 15 is 0 Å². The van der Waals surface area contributed by atoms with Crippen molar-refractivity contribution in [3.63, 3.8) is 0 Å². The molecule has 0 radical (unpaired) electrons. The molecule has 5 heteroatoms. The van der Waals surface area contributed by atoms with Gasteiger partial charge < -0.3 is 9.67 Å². The number of carboxylic acid groups (broad SMARTS) is 1. The Hall–Kier alpha value is -1.97. The minimum atomic E-state index is -0.843. The van der Waals surface area contributed by atoms with Crippen molar-refractivity contribution in [3.05, 3.63) is 69.3 Å². The van der Waals surface area contributed by atoms with Crippen LogP contribution in [0.1, 0.15) is 16.8 Å². The first kappa shape index (κ1) is 15.9. The molecule has 3 aromatic rings. The number of hydrogen-bond acceptors (Lipinski definition) is 1. The number of nitrogens with zero attached hydrogens (tertiary/aromatic N) is 1. The summed E-state index contributed by atoms with van der Waals surface area (Å²) in [6.07, 6.45) is -0.00743. The van der Waals surface area contributed by atoms with Crippen LogP contribution in [-0.2, 0) is 17.8 Å². The molecule has 0 amide bonds. The van der Waals surface area contributed by atoms with Crippen LogP contribution in [0.15, 0.2) is 42.5 Å². The van der Waals surface area contributed by atoms with Gasteiger partial charge in [0, 0.05) is 27.7 Å². The van der Waals surface area contributed by atoms with Gasteiger partial charge >= 0.3 is 5.97 Å². The molecule has 0 aliphatic rings. The first-order chi connectivity index (χ1) is 11.0. The van der Waals surface area contributed by atoms with E-state index in [1.54, 1.807) is 6.07 Å². The lowest BCUT2D eigenvalue weighted by atomic mass is 10.1. The highest BCUT2D eigenvalue weighted by Crippen LogP contribution is 2.30. The lowest BCUT2D eigenvalue weighted by molar-refractivity contribution is -0.136. The molecule has 0 aliphatic heterocycles. The second-order valence-corrected chi connectivity index (χ2v) is 6.38. The number of halogens is 2. The number of carbonyl (C=O) groups is 1. The predicted octanol–water partition coefficient (Wildman–Crippen LogP) is 4.93. The van der Waals surface area contributed by atoms with Crippen LogP contribution in [0.4, 0.5) is 0 Å². The molecule has 0 aliphatic carbocycles. The first-order valence-electron chi connectivity index (χ1n) is 7.19. The van der Waals surface area contributed by atoms with Crippen molar-refractivity contribution in [2.75, 3.05) is 0 Å². The van der Waals surface area contributed by atoms with E-state index in [0.717, 1.165) is 27.7 Å². The molecule has 2 aromatic carbocycles. The molecule has 1 heterocycles. The highest BCUT2D eigenvalue weighted by Gasteiger charge is 2.17. The van der Waals surface area contributed by atoms with Crippen LogP contribution >= 0.6 is 23.2 Å². The van der Waals surface area contributed by atoms with E-state index in [1.165, 1.54) is 0 Å². The van der Waals surface area contributed by atoms with Gasteiger partial charge in [0.1, 0.15) is 0 Å². The van der Waals surface area contributed by atoms with Crippen LogP contribution < -0.4 is 0 Å². The minimum Gasteiger partial charge on any atom is -0.481 e. The maximum atomic E-state index is 11.2. The van der Waals surface area contributed by atoms with Crippen molar-refractivity contribution in [2.24, 2.45) is 0 Å².